The zero-order valence-corrected chi connectivity index (χ0v) is 11.7. The molecule has 5 heteroatoms. The fraction of sp³-hybridized carbons (Fsp3) is 0.429. The lowest BCUT2D eigenvalue weighted by Gasteiger charge is -2.31. The Balaban J connectivity index is 2.07. The molecular formula is C14H15FN2OS. The molecule has 0 aliphatic heterocycles. The summed E-state index contributed by atoms with van der Waals surface area (Å²) in [6.45, 7) is 4.22. The number of aromatic nitrogens is 2. The number of halogens is 1. The summed E-state index contributed by atoms with van der Waals surface area (Å²) in [5.41, 5.74) is 1.18. The van der Waals surface area contributed by atoms with E-state index in [0.29, 0.717) is 11.4 Å². The molecule has 1 N–H and O–H groups in total. The minimum atomic E-state index is -0.503. The first-order valence-corrected chi connectivity index (χ1v) is 7.06. The van der Waals surface area contributed by atoms with E-state index in [1.165, 1.54) is 17.4 Å². The normalized spacial score (nSPS) is 21.2. The van der Waals surface area contributed by atoms with Gasteiger partial charge in [-0.1, -0.05) is 13.8 Å². The van der Waals surface area contributed by atoms with Gasteiger partial charge in [0.1, 0.15) is 10.7 Å². The van der Waals surface area contributed by atoms with E-state index < -0.39 is 6.10 Å². The average molecular weight is 278 g/mol. The Labute approximate surface area is 115 Å². The maximum absolute atomic E-state index is 13.7. The van der Waals surface area contributed by atoms with Crippen molar-refractivity contribution in [3.63, 3.8) is 0 Å². The van der Waals surface area contributed by atoms with Crippen molar-refractivity contribution in [2.75, 3.05) is 0 Å². The smallest absolute Gasteiger partial charge is 0.151 e. The third-order valence-electron chi connectivity index (χ3n) is 3.38. The van der Waals surface area contributed by atoms with Crippen LogP contribution >= 0.6 is 11.3 Å². The van der Waals surface area contributed by atoms with Crippen LogP contribution in [0.1, 0.15) is 36.9 Å². The summed E-state index contributed by atoms with van der Waals surface area (Å²) in [5, 5.41) is 10.7. The second-order valence-corrected chi connectivity index (χ2v) is 6.76. The Morgan fingerprint density at radius 1 is 1.47 bits per heavy atom. The molecule has 0 bridgehead atoms. The van der Waals surface area contributed by atoms with E-state index in [4.69, 9.17) is 0 Å². The highest BCUT2D eigenvalue weighted by atomic mass is 32.1. The molecular weight excluding hydrogens is 263 g/mol. The highest BCUT2D eigenvalue weighted by Gasteiger charge is 2.34. The molecule has 0 aromatic carbocycles. The van der Waals surface area contributed by atoms with Crippen molar-refractivity contribution < 1.29 is 9.50 Å². The summed E-state index contributed by atoms with van der Waals surface area (Å²) < 4.78 is 13.7. The van der Waals surface area contributed by atoms with Crippen molar-refractivity contribution >= 4 is 11.3 Å². The second kappa shape index (κ2) is 4.35. The lowest BCUT2D eigenvalue weighted by molar-refractivity contribution is 0.102. The van der Waals surface area contributed by atoms with Gasteiger partial charge in [0.15, 0.2) is 5.82 Å². The van der Waals surface area contributed by atoms with Gasteiger partial charge in [0.05, 0.1) is 16.7 Å². The molecule has 1 atom stereocenters. The molecule has 3 nitrogen and oxygen atoms in total. The minimum absolute atomic E-state index is 0.0282. The third kappa shape index (κ3) is 2.28. The van der Waals surface area contributed by atoms with Gasteiger partial charge in [0.25, 0.3) is 0 Å². The van der Waals surface area contributed by atoms with E-state index in [0.717, 1.165) is 17.0 Å². The van der Waals surface area contributed by atoms with Crippen LogP contribution in [0.5, 0.6) is 0 Å². The predicted octanol–water partition coefficient (Wildman–Crippen LogP) is 3.35. The highest BCUT2D eigenvalue weighted by molar-refractivity contribution is 7.15. The third-order valence-corrected chi connectivity index (χ3v) is 4.59. The Morgan fingerprint density at radius 3 is 3.00 bits per heavy atom. The topological polar surface area (TPSA) is 46.0 Å². The van der Waals surface area contributed by atoms with Gasteiger partial charge in [-0.25, -0.2) is 9.37 Å². The molecule has 1 unspecified atom stereocenters. The van der Waals surface area contributed by atoms with Crippen LogP contribution in [0.3, 0.4) is 0 Å². The van der Waals surface area contributed by atoms with Gasteiger partial charge in [-0.3, -0.25) is 4.98 Å². The fourth-order valence-corrected chi connectivity index (χ4v) is 3.60. The summed E-state index contributed by atoms with van der Waals surface area (Å²) in [5.74, 6) is -0.373. The molecule has 100 valence electrons. The number of fused-ring (bicyclic) bond motifs is 1. The fourth-order valence-electron chi connectivity index (χ4n) is 2.54. The van der Waals surface area contributed by atoms with Gasteiger partial charge in [-0.2, -0.15) is 0 Å². The van der Waals surface area contributed by atoms with E-state index in [1.807, 2.05) is 0 Å². The van der Waals surface area contributed by atoms with Crippen molar-refractivity contribution in [1.82, 2.24) is 9.97 Å². The zero-order valence-electron chi connectivity index (χ0n) is 10.9. The van der Waals surface area contributed by atoms with E-state index in [1.54, 1.807) is 12.3 Å². The van der Waals surface area contributed by atoms with Gasteiger partial charge >= 0.3 is 0 Å². The largest absolute Gasteiger partial charge is 0.387 e. The SMILES string of the molecule is CC1(C)Cc2nc(-c3ncccc3F)sc2C(O)C1. The number of aliphatic hydroxyl groups excluding tert-OH is 1. The first-order chi connectivity index (χ1) is 8.96. The van der Waals surface area contributed by atoms with Gasteiger partial charge < -0.3 is 5.11 Å². The number of hydrogen-bond acceptors (Lipinski definition) is 4. The first kappa shape index (κ1) is 12.7. The van der Waals surface area contributed by atoms with Crippen LogP contribution in [0.2, 0.25) is 0 Å². The van der Waals surface area contributed by atoms with Crippen molar-refractivity contribution in [1.29, 1.82) is 0 Å². The number of nitrogens with zero attached hydrogens (tertiary/aromatic N) is 2. The van der Waals surface area contributed by atoms with Gasteiger partial charge in [0, 0.05) is 6.20 Å². The number of pyridine rings is 1. The summed E-state index contributed by atoms with van der Waals surface area (Å²) in [7, 11) is 0. The van der Waals surface area contributed by atoms with Gasteiger partial charge in [0.2, 0.25) is 0 Å². The molecule has 1 aliphatic carbocycles. The van der Waals surface area contributed by atoms with E-state index in [9.17, 15) is 9.50 Å². The lowest BCUT2D eigenvalue weighted by Crippen LogP contribution is -2.24. The van der Waals surface area contributed by atoms with Crippen LogP contribution in [0.4, 0.5) is 4.39 Å². The van der Waals surface area contributed by atoms with Crippen LogP contribution in [-0.2, 0) is 6.42 Å². The average Bonchev–Trinajstić information content (AvgIpc) is 2.71. The molecule has 0 radical (unpaired) electrons. The van der Waals surface area contributed by atoms with Crippen LogP contribution in [-0.4, -0.2) is 15.1 Å². The van der Waals surface area contributed by atoms with Crippen molar-refractivity contribution in [2.45, 2.75) is 32.8 Å². The Morgan fingerprint density at radius 2 is 2.26 bits per heavy atom. The number of hydrogen-bond donors (Lipinski definition) is 1. The maximum Gasteiger partial charge on any atom is 0.151 e. The molecule has 0 amide bonds. The van der Waals surface area contributed by atoms with Crippen LogP contribution < -0.4 is 0 Å². The van der Waals surface area contributed by atoms with Gasteiger partial charge in [-0.15, -0.1) is 11.3 Å². The molecule has 0 saturated carbocycles. The molecule has 0 spiro atoms. The van der Waals surface area contributed by atoms with Crippen LogP contribution in [0.15, 0.2) is 18.3 Å². The first-order valence-electron chi connectivity index (χ1n) is 6.25. The van der Waals surface area contributed by atoms with Crippen molar-refractivity contribution in [3.8, 4) is 10.7 Å². The van der Waals surface area contributed by atoms with Crippen LogP contribution in [0, 0.1) is 11.2 Å². The molecule has 19 heavy (non-hydrogen) atoms. The second-order valence-electron chi connectivity index (χ2n) is 5.72. The number of rotatable bonds is 1. The lowest BCUT2D eigenvalue weighted by atomic mass is 9.77. The summed E-state index contributed by atoms with van der Waals surface area (Å²) in [6, 6.07) is 2.94. The Bertz CT molecular complexity index is 624. The minimum Gasteiger partial charge on any atom is -0.387 e. The molecule has 1 aliphatic rings. The van der Waals surface area contributed by atoms with Gasteiger partial charge in [-0.05, 0) is 30.4 Å². The van der Waals surface area contributed by atoms with E-state index in [-0.39, 0.29) is 16.9 Å². The highest BCUT2D eigenvalue weighted by Crippen LogP contribution is 2.44. The molecule has 2 aromatic rings. The van der Waals surface area contributed by atoms with E-state index in [2.05, 4.69) is 23.8 Å². The quantitative estimate of drug-likeness (QED) is 0.870. The zero-order chi connectivity index (χ0) is 13.6. The molecule has 2 heterocycles. The monoisotopic (exact) mass is 278 g/mol. The summed E-state index contributed by atoms with van der Waals surface area (Å²) in [4.78, 5) is 9.39. The standard InChI is InChI=1S/C14H15FN2OS/c1-14(2)6-9-12(10(18)7-14)19-13(17-9)11-8(15)4-3-5-16-11/h3-5,10,18H,6-7H2,1-2H3. The summed E-state index contributed by atoms with van der Waals surface area (Å²) in [6.07, 6.45) is 2.58. The molecule has 0 fully saturated rings. The van der Waals surface area contributed by atoms with Crippen molar-refractivity contribution in [2.24, 2.45) is 5.41 Å². The number of thiazole rings is 1. The van der Waals surface area contributed by atoms with Crippen molar-refractivity contribution in [3.05, 3.63) is 34.7 Å². The molecule has 3 rings (SSSR count). The maximum atomic E-state index is 13.7. The molecule has 2 aromatic heterocycles. The predicted molar refractivity (Wildman–Crippen MR) is 72.4 cm³/mol. The summed E-state index contributed by atoms with van der Waals surface area (Å²) >= 11 is 1.35. The Hall–Kier alpha value is -1.33. The number of aliphatic hydroxyl groups is 1. The van der Waals surface area contributed by atoms with Crippen LogP contribution in [0.25, 0.3) is 10.7 Å². The Kier molecular flexibility index (Phi) is 2.91. The van der Waals surface area contributed by atoms with E-state index >= 15 is 0 Å². The molecule has 0 saturated heterocycles.